The molecule has 0 amide bonds. The normalized spacial score (nSPS) is 18.4. The maximum absolute atomic E-state index is 13.3. The Morgan fingerprint density at radius 3 is 2.70 bits per heavy atom. The van der Waals surface area contributed by atoms with Gasteiger partial charge in [-0.2, -0.15) is 4.31 Å². The van der Waals surface area contributed by atoms with E-state index in [1.807, 2.05) is 31.2 Å². The summed E-state index contributed by atoms with van der Waals surface area (Å²) >= 11 is 0. The Balaban J connectivity index is 1.93. The van der Waals surface area contributed by atoms with Crippen LogP contribution in [0.1, 0.15) is 56.2 Å². The second kappa shape index (κ2) is 8.85. The summed E-state index contributed by atoms with van der Waals surface area (Å²) in [5, 5.41) is 3.40. The van der Waals surface area contributed by atoms with Crippen molar-refractivity contribution in [1.29, 1.82) is 0 Å². The zero-order valence-corrected chi connectivity index (χ0v) is 17.0. The minimum Gasteiger partial charge on any atom is -0.370 e. The third-order valence-corrected chi connectivity index (χ3v) is 7.02. The summed E-state index contributed by atoms with van der Waals surface area (Å²) in [5.41, 5.74) is 2.03. The lowest BCUT2D eigenvalue weighted by Crippen LogP contribution is -2.38. The van der Waals surface area contributed by atoms with Crippen molar-refractivity contribution in [1.82, 2.24) is 9.29 Å². The van der Waals surface area contributed by atoms with Gasteiger partial charge in [0.1, 0.15) is 5.82 Å². The van der Waals surface area contributed by atoms with E-state index in [2.05, 4.69) is 17.2 Å². The van der Waals surface area contributed by atoms with Crippen LogP contribution in [0.25, 0.3) is 0 Å². The minimum atomic E-state index is -3.54. The van der Waals surface area contributed by atoms with E-state index in [4.69, 9.17) is 0 Å². The molecule has 0 saturated carbocycles. The third-order valence-electron chi connectivity index (χ3n) is 5.10. The molecule has 2 heterocycles. The summed E-state index contributed by atoms with van der Waals surface area (Å²) in [6, 6.07) is 10.9. The number of hydrogen-bond donors (Lipinski definition) is 1. The predicted octanol–water partition coefficient (Wildman–Crippen LogP) is 4.52. The van der Waals surface area contributed by atoms with E-state index in [1.165, 1.54) is 0 Å². The average molecular weight is 388 g/mol. The SMILES string of the molecule is CCCCNc1ncccc1C1CCCCN1S(=O)(=O)c1ccc(C)cc1. The van der Waals surface area contributed by atoms with Crippen molar-refractivity contribution < 1.29 is 8.42 Å². The van der Waals surface area contributed by atoms with Gasteiger partial charge in [0.2, 0.25) is 10.0 Å². The monoisotopic (exact) mass is 387 g/mol. The largest absolute Gasteiger partial charge is 0.370 e. The zero-order valence-electron chi connectivity index (χ0n) is 16.2. The minimum absolute atomic E-state index is 0.178. The van der Waals surface area contributed by atoms with Crippen molar-refractivity contribution in [3.05, 3.63) is 53.7 Å². The van der Waals surface area contributed by atoms with Crippen molar-refractivity contribution in [2.45, 2.75) is 56.9 Å². The van der Waals surface area contributed by atoms with Gasteiger partial charge in [-0.15, -0.1) is 0 Å². The van der Waals surface area contributed by atoms with Crippen molar-refractivity contribution in [3.8, 4) is 0 Å². The number of pyridine rings is 1. The summed E-state index contributed by atoms with van der Waals surface area (Å²) in [7, 11) is -3.54. The van der Waals surface area contributed by atoms with E-state index < -0.39 is 10.0 Å². The molecule has 1 unspecified atom stereocenters. The number of aryl methyl sites for hydroxylation is 1. The van der Waals surface area contributed by atoms with E-state index in [1.54, 1.807) is 22.6 Å². The Bertz CT molecular complexity index is 850. The zero-order chi connectivity index (χ0) is 19.3. The van der Waals surface area contributed by atoms with Crippen LogP contribution in [0.15, 0.2) is 47.5 Å². The van der Waals surface area contributed by atoms with Crippen LogP contribution in [0.2, 0.25) is 0 Å². The molecular weight excluding hydrogens is 358 g/mol. The molecule has 1 saturated heterocycles. The van der Waals surface area contributed by atoms with Crippen LogP contribution in [0, 0.1) is 6.92 Å². The Morgan fingerprint density at radius 1 is 1.19 bits per heavy atom. The number of unbranched alkanes of at least 4 members (excludes halogenated alkanes) is 1. The quantitative estimate of drug-likeness (QED) is 0.710. The Morgan fingerprint density at radius 2 is 1.96 bits per heavy atom. The molecule has 27 heavy (non-hydrogen) atoms. The van der Waals surface area contributed by atoms with Gasteiger partial charge in [-0.3, -0.25) is 0 Å². The molecule has 1 atom stereocenters. The summed E-state index contributed by atoms with van der Waals surface area (Å²) in [6.07, 6.45) is 6.66. The molecule has 1 N–H and O–H groups in total. The summed E-state index contributed by atoms with van der Waals surface area (Å²) < 4.78 is 28.3. The second-order valence-electron chi connectivity index (χ2n) is 7.16. The Labute approximate surface area is 162 Å². The maximum atomic E-state index is 13.3. The fourth-order valence-corrected chi connectivity index (χ4v) is 5.24. The number of aromatic nitrogens is 1. The number of anilines is 1. The molecule has 146 valence electrons. The van der Waals surface area contributed by atoms with Crippen LogP contribution >= 0.6 is 0 Å². The highest BCUT2D eigenvalue weighted by molar-refractivity contribution is 7.89. The van der Waals surface area contributed by atoms with Gasteiger partial charge >= 0.3 is 0 Å². The predicted molar refractivity (Wildman–Crippen MR) is 109 cm³/mol. The third kappa shape index (κ3) is 4.50. The van der Waals surface area contributed by atoms with Gasteiger partial charge in [-0.1, -0.05) is 43.5 Å². The topological polar surface area (TPSA) is 62.3 Å². The lowest BCUT2D eigenvalue weighted by Gasteiger charge is -2.35. The summed E-state index contributed by atoms with van der Waals surface area (Å²) in [6.45, 7) is 5.50. The molecular formula is C21H29N3O2S. The average Bonchev–Trinajstić information content (AvgIpc) is 2.69. The van der Waals surface area contributed by atoms with Gasteiger partial charge in [-0.05, 0) is 44.4 Å². The van der Waals surface area contributed by atoms with E-state index in [0.29, 0.717) is 11.4 Å². The molecule has 1 aromatic carbocycles. The van der Waals surface area contributed by atoms with Gasteiger partial charge in [0.15, 0.2) is 0 Å². The number of piperidine rings is 1. The fourth-order valence-electron chi connectivity index (χ4n) is 3.57. The van der Waals surface area contributed by atoms with E-state index in [-0.39, 0.29) is 6.04 Å². The highest BCUT2D eigenvalue weighted by Gasteiger charge is 2.35. The molecule has 2 aromatic rings. The van der Waals surface area contributed by atoms with Crippen LogP contribution in [-0.2, 0) is 10.0 Å². The maximum Gasteiger partial charge on any atom is 0.243 e. The lowest BCUT2D eigenvalue weighted by molar-refractivity contribution is 0.256. The number of nitrogens with one attached hydrogen (secondary N) is 1. The van der Waals surface area contributed by atoms with Crippen LogP contribution in [-0.4, -0.2) is 30.8 Å². The van der Waals surface area contributed by atoms with Crippen LogP contribution in [0.3, 0.4) is 0 Å². The standard InChI is InChI=1S/C21H29N3O2S/c1-3-4-14-22-21-19(8-7-15-23-21)20-9-5-6-16-24(20)27(25,26)18-12-10-17(2)11-13-18/h7-8,10-13,15,20H,3-6,9,14,16H2,1-2H3,(H,22,23). The molecule has 0 aliphatic carbocycles. The van der Waals surface area contributed by atoms with E-state index in [0.717, 1.165) is 55.6 Å². The molecule has 1 aromatic heterocycles. The first kappa shape index (κ1) is 19.8. The van der Waals surface area contributed by atoms with Crippen LogP contribution in [0.5, 0.6) is 0 Å². The number of nitrogens with zero attached hydrogens (tertiary/aromatic N) is 2. The molecule has 1 aliphatic rings. The van der Waals surface area contributed by atoms with Crippen molar-refractivity contribution in [3.63, 3.8) is 0 Å². The lowest BCUT2D eigenvalue weighted by atomic mass is 9.98. The van der Waals surface area contributed by atoms with Gasteiger partial charge in [0.05, 0.1) is 10.9 Å². The summed E-state index contributed by atoms with van der Waals surface area (Å²) in [4.78, 5) is 4.86. The van der Waals surface area contributed by atoms with Crippen molar-refractivity contribution >= 4 is 15.8 Å². The Kier molecular flexibility index (Phi) is 6.50. The molecule has 0 bridgehead atoms. The first-order valence-electron chi connectivity index (χ1n) is 9.81. The molecule has 0 spiro atoms. The van der Waals surface area contributed by atoms with E-state index in [9.17, 15) is 8.42 Å². The van der Waals surface area contributed by atoms with Crippen LogP contribution in [0.4, 0.5) is 5.82 Å². The van der Waals surface area contributed by atoms with Gasteiger partial charge in [0, 0.05) is 24.8 Å². The molecule has 3 rings (SSSR count). The van der Waals surface area contributed by atoms with Gasteiger partial charge in [0.25, 0.3) is 0 Å². The number of sulfonamides is 1. The van der Waals surface area contributed by atoms with E-state index >= 15 is 0 Å². The smallest absolute Gasteiger partial charge is 0.243 e. The molecule has 0 radical (unpaired) electrons. The Hall–Kier alpha value is -1.92. The highest BCUT2D eigenvalue weighted by atomic mass is 32.2. The molecule has 1 aliphatic heterocycles. The summed E-state index contributed by atoms with van der Waals surface area (Å²) in [5.74, 6) is 0.807. The first-order valence-corrected chi connectivity index (χ1v) is 11.3. The fraction of sp³-hybridized carbons (Fsp3) is 0.476. The number of hydrogen-bond acceptors (Lipinski definition) is 4. The second-order valence-corrected chi connectivity index (χ2v) is 9.05. The van der Waals surface area contributed by atoms with Gasteiger partial charge < -0.3 is 5.32 Å². The van der Waals surface area contributed by atoms with Crippen molar-refractivity contribution in [2.75, 3.05) is 18.4 Å². The highest BCUT2D eigenvalue weighted by Crippen LogP contribution is 2.37. The first-order chi connectivity index (χ1) is 13.0. The van der Waals surface area contributed by atoms with Crippen molar-refractivity contribution in [2.24, 2.45) is 0 Å². The van der Waals surface area contributed by atoms with Gasteiger partial charge in [-0.25, -0.2) is 13.4 Å². The number of benzene rings is 1. The molecule has 5 nitrogen and oxygen atoms in total. The van der Waals surface area contributed by atoms with Crippen LogP contribution < -0.4 is 5.32 Å². The number of rotatable bonds is 7. The molecule has 6 heteroatoms. The molecule has 1 fully saturated rings.